The molecule has 0 saturated heterocycles. The topological polar surface area (TPSA) is 41.1 Å². The van der Waals surface area contributed by atoms with Crippen LogP contribution < -0.4 is 0 Å². The number of para-hydroxylation sites is 1. The minimum absolute atomic E-state index is 0. The van der Waals surface area contributed by atoms with Crippen molar-refractivity contribution in [2.24, 2.45) is 0 Å². The summed E-state index contributed by atoms with van der Waals surface area (Å²) in [4.78, 5) is 4.76. The van der Waals surface area contributed by atoms with Crippen molar-refractivity contribution in [2.75, 3.05) is 0 Å². The Morgan fingerprint density at radius 3 is 2.38 bits per heavy atom. The summed E-state index contributed by atoms with van der Waals surface area (Å²) < 4.78 is 2.14. The first-order valence-corrected chi connectivity index (χ1v) is 9.32. The van der Waals surface area contributed by atoms with Crippen LogP contribution in [0.15, 0.2) is 54.6 Å². The zero-order valence-corrected chi connectivity index (χ0v) is 18.8. The number of pyridine rings is 1. The van der Waals surface area contributed by atoms with Gasteiger partial charge in [0.05, 0.1) is 11.3 Å². The Bertz CT molecular complexity index is 1430. The molecule has 0 N–H and O–H groups in total. The first-order chi connectivity index (χ1) is 13.6. The van der Waals surface area contributed by atoms with Crippen LogP contribution >= 0.6 is 0 Å². The van der Waals surface area contributed by atoms with Crippen LogP contribution in [0.3, 0.4) is 0 Å². The predicted octanol–water partition coefficient (Wildman–Crippen LogP) is 5.90. The molecule has 5 rings (SSSR count). The van der Waals surface area contributed by atoms with Gasteiger partial charge in [-0.3, -0.25) is 4.98 Å². The fourth-order valence-corrected chi connectivity index (χ4v) is 4.43. The van der Waals surface area contributed by atoms with Crippen LogP contribution in [0.4, 0.5) is 0 Å². The van der Waals surface area contributed by atoms with Gasteiger partial charge < -0.3 is 4.40 Å². The molecule has 143 valence electrons. The standard InChI is InChI=1S/C25H18N3.Ir/c1-15-12-16(2)23(17(3)13-15)24-21(14-26)27-25-20-10-5-4-8-18(20)19-9-6-7-11-22(19)28(24)25;/h4-9,11-13H,1-3H3;/q-1;. The van der Waals surface area contributed by atoms with Gasteiger partial charge in [-0.15, -0.1) is 29.7 Å². The molecule has 1 radical (unpaired) electrons. The van der Waals surface area contributed by atoms with Crippen molar-refractivity contribution in [1.29, 1.82) is 5.26 Å². The van der Waals surface area contributed by atoms with Crippen LogP contribution in [0.1, 0.15) is 22.4 Å². The number of imidazole rings is 1. The number of aryl methyl sites for hydroxylation is 3. The monoisotopic (exact) mass is 553 g/mol. The van der Waals surface area contributed by atoms with Crippen molar-refractivity contribution in [2.45, 2.75) is 20.8 Å². The van der Waals surface area contributed by atoms with Crippen molar-refractivity contribution in [3.05, 3.63) is 83.0 Å². The molecule has 0 saturated carbocycles. The van der Waals surface area contributed by atoms with E-state index in [1.807, 2.05) is 24.3 Å². The summed E-state index contributed by atoms with van der Waals surface area (Å²) in [5.74, 6) is 0. The van der Waals surface area contributed by atoms with Crippen molar-refractivity contribution in [3.63, 3.8) is 0 Å². The molecule has 0 unspecified atom stereocenters. The molecule has 0 fully saturated rings. The minimum Gasteiger partial charge on any atom is -0.332 e. The number of rotatable bonds is 1. The molecule has 0 bridgehead atoms. The quantitative estimate of drug-likeness (QED) is 0.192. The number of benzene rings is 3. The molecule has 2 heterocycles. The summed E-state index contributed by atoms with van der Waals surface area (Å²) in [6.07, 6.45) is 0. The number of fused-ring (bicyclic) bond motifs is 6. The van der Waals surface area contributed by atoms with Gasteiger partial charge in [0.1, 0.15) is 6.07 Å². The Morgan fingerprint density at radius 1 is 0.966 bits per heavy atom. The van der Waals surface area contributed by atoms with Gasteiger partial charge in [-0.2, -0.15) is 5.26 Å². The Morgan fingerprint density at radius 2 is 1.66 bits per heavy atom. The van der Waals surface area contributed by atoms with E-state index in [-0.39, 0.29) is 20.1 Å². The van der Waals surface area contributed by atoms with Gasteiger partial charge >= 0.3 is 0 Å². The average Bonchev–Trinajstić information content (AvgIpc) is 3.07. The zero-order valence-electron chi connectivity index (χ0n) is 16.4. The van der Waals surface area contributed by atoms with Gasteiger partial charge in [0.25, 0.3) is 0 Å². The van der Waals surface area contributed by atoms with Crippen LogP contribution in [0.2, 0.25) is 0 Å². The number of nitrogens with zero attached hydrogens (tertiary/aromatic N) is 3. The largest absolute Gasteiger partial charge is 0.332 e. The van der Waals surface area contributed by atoms with E-state index in [4.69, 9.17) is 4.98 Å². The number of hydrogen-bond donors (Lipinski definition) is 0. The third kappa shape index (κ3) is 2.78. The maximum atomic E-state index is 9.93. The predicted molar refractivity (Wildman–Crippen MR) is 113 cm³/mol. The molecular formula is C25H18IrN3-. The second kappa shape index (κ2) is 7.12. The van der Waals surface area contributed by atoms with Crippen LogP contribution in [-0.4, -0.2) is 9.38 Å². The van der Waals surface area contributed by atoms with E-state index in [9.17, 15) is 5.26 Å². The van der Waals surface area contributed by atoms with Crippen LogP contribution in [0.5, 0.6) is 0 Å². The third-order valence-corrected chi connectivity index (χ3v) is 5.41. The van der Waals surface area contributed by atoms with Crippen LogP contribution in [0, 0.1) is 38.2 Å². The Hall–Kier alpha value is -2.99. The molecule has 2 aromatic heterocycles. The molecule has 0 aliphatic carbocycles. The van der Waals surface area contributed by atoms with Gasteiger partial charge in [-0.05, 0) is 43.4 Å². The fourth-order valence-electron chi connectivity index (χ4n) is 4.43. The van der Waals surface area contributed by atoms with Gasteiger partial charge in [-0.25, -0.2) is 0 Å². The van der Waals surface area contributed by atoms with E-state index in [0.717, 1.165) is 49.7 Å². The van der Waals surface area contributed by atoms with Gasteiger partial charge in [0.15, 0.2) is 5.69 Å². The molecular weight excluding hydrogens is 535 g/mol. The normalized spacial score (nSPS) is 11.0. The molecule has 0 amide bonds. The summed E-state index contributed by atoms with van der Waals surface area (Å²) in [5.41, 5.74) is 7.74. The molecule has 0 aliphatic heterocycles. The fraction of sp³-hybridized carbons (Fsp3) is 0.120. The van der Waals surface area contributed by atoms with Crippen molar-refractivity contribution >= 4 is 27.3 Å². The number of hydrogen-bond acceptors (Lipinski definition) is 2. The van der Waals surface area contributed by atoms with E-state index in [2.05, 4.69) is 67.6 Å². The summed E-state index contributed by atoms with van der Waals surface area (Å²) >= 11 is 0. The Kier molecular flexibility index (Phi) is 4.74. The first kappa shape index (κ1) is 19.3. The zero-order chi connectivity index (χ0) is 19.4. The van der Waals surface area contributed by atoms with Gasteiger partial charge in [-0.1, -0.05) is 41.3 Å². The van der Waals surface area contributed by atoms with Crippen molar-refractivity contribution in [1.82, 2.24) is 9.38 Å². The Balaban J connectivity index is 0.00000205. The second-order valence-electron chi connectivity index (χ2n) is 7.33. The molecule has 5 aromatic rings. The van der Waals surface area contributed by atoms with Crippen LogP contribution in [0.25, 0.3) is 38.6 Å². The third-order valence-electron chi connectivity index (χ3n) is 5.41. The van der Waals surface area contributed by atoms with Gasteiger partial charge in [0.2, 0.25) is 0 Å². The second-order valence-corrected chi connectivity index (χ2v) is 7.33. The van der Waals surface area contributed by atoms with E-state index in [0.29, 0.717) is 5.69 Å². The van der Waals surface area contributed by atoms with Gasteiger partial charge in [0, 0.05) is 31.2 Å². The molecule has 3 aromatic carbocycles. The maximum absolute atomic E-state index is 9.93. The van der Waals surface area contributed by atoms with Crippen LogP contribution in [-0.2, 0) is 20.1 Å². The smallest absolute Gasteiger partial charge is 0.156 e. The molecule has 3 nitrogen and oxygen atoms in total. The Labute approximate surface area is 183 Å². The summed E-state index contributed by atoms with van der Waals surface area (Å²) in [6.45, 7) is 6.30. The number of nitriles is 1. The van der Waals surface area contributed by atoms with Crippen molar-refractivity contribution < 1.29 is 20.1 Å². The first-order valence-electron chi connectivity index (χ1n) is 9.32. The maximum Gasteiger partial charge on any atom is 0.156 e. The molecule has 29 heavy (non-hydrogen) atoms. The molecule has 4 heteroatoms. The summed E-state index contributed by atoms with van der Waals surface area (Å²) in [6, 6.07) is 24.3. The van der Waals surface area contributed by atoms with Crippen molar-refractivity contribution in [3.8, 4) is 17.3 Å². The summed E-state index contributed by atoms with van der Waals surface area (Å²) in [7, 11) is 0. The number of aromatic nitrogens is 2. The molecule has 0 atom stereocenters. The SMILES string of the molecule is Cc1cc(C)c(-c2c(C#N)nc3c4[c-]cccc4c4ccccc4n23)c(C)c1.[Ir]. The van der Waals surface area contributed by atoms with E-state index >= 15 is 0 Å². The van der Waals surface area contributed by atoms with E-state index in [1.54, 1.807) is 0 Å². The molecule has 0 aliphatic rings. The summed E-state index contributed by atoms with van der Waals surface area (Å²) in [5, 5.41) is 13.1. The average molecular weight is 553 g/mol. The minimum atomic E-state index is 0. The molecule has 0 spiro atoms. The van der Waals surface area contributed by atoms with E-state index in [1.165, 1.54) is 5.56 Å². The van der Waals surface area contributed by atoms with E-state index < -0.39 is 0 Å².